The summed E-state index contributed by atoms with van der Waals surface area (Å²) in [6, 6.07) is 8.49. The van der Waals surface area contributed by atoms with E-state index in [1.54, 1.807) is 0 Å². The molecule has 0 fully saturated rings. The molecule has 0 aromatic heterocycles. The Morgan fingerprint density at radius 2 is 1.45 bits per heavy atom. The van der Waals surface area contributed by atoms with Gasteiger partial charge in [-0.25, -0.2) is 0 Å². The molecule has 1 rings (SSSR count). The van der Waals surface area contributed by atoms with Crippen LogP contribution in [0.2, 0.25) is 0 Å². The van der Waals surface area contributed by atoms with Crippen LogP contribution in [0.5, 0.6) is 0 Å². The van der Waals surface area contributed by atoms with Gasteiger partial charge in [0, 0.05) is 5.69 Å². The van der Waals surface area contributed by atoms with Crippen LogP contribution in [0, 0.1) is 5.41 Å². The molecule has 0 atom stereocenters. The van der Waals surface area contributed by atoms with Crippen molar-refractivity contribution in [1.29, 1.82) is 0 Å². The SMILES string of the molecule is CCCCCCC(C)(CCCCCC)Cc1cccc(N)c1. The van der Waals surface area contributed by atoms with Gasteiger partial charge < -0.3 is 5.73 Å². The minimum Gasteiger partial charge on any atom is -0.399 e. The van der Waals surface area contributed by atoms with Crippen molar-refractivity contribution in [2.45, 2.75) is 91.4 Å². The third-order valence-electron chi connectivity index (χ3n) is 4.85. The zero-order valence-corrected chi connectivity index (χ0v) is 15.2. The molecule has 1 aromatic rings. The van der Waals surface area contributed by atoms with Crippen LogP contribution in [0.1, 0.15) is 90.5 Å². The van der Waals surface area contributed by atoms with Crippen molar-refractivity contribution < 1.29 is 0 Å². The summed E-state index contributed by atoms with van der Waals surface area (Å²) in [4.78, 5) is 0. The van der Waals surface area contributed by atoms with E-state index in [4.69, 9.17) is 5.73 Å². The van der Waals surface area contributed by atoms with Gasteiger partial charge >= 0.3 is 0 Å². The summed E-state index contributed by atoms with van der Waals surface area (Å²) in [5.74, 6) is 0. The van der Waals surface area contributed by atoms with Gasteiger partial charge in [-0.2, -0.15) is 0 Å². The molecule has 1 heteroatoms. The van der Waals surface area contributed by atoms with Crippen molar-refractivity contribution in [1.82, 2.24) is 0 Å². The fraction of sp³-hybridized carbons (Fsp3) is 0.714. The second-order valence-electron chi connectivity index (χ2n) is 7.35. The average Bonchev–Trinajstić information content (AvgIpc) is 2.48. The van der Waals surface area contributed by atoms with Gasteiger partial charge in [0.25, 0.3) is 0 Å². The first-order valence-corrected chi connectivity index (χ1v) is 9.44. The molecule has 0 aliphatic carbocycles. The highest BCUT2D eigenvalue weighted by Crippen LogP contribution is 2.35. The molecule has 0 aliphatic rings. The summed E-state index contributed by atoms with van der Waals surface area (Å²) in [5, 5.41) is 0. The van der Waals surface area contributed by atoms with E-state index in [0.29, 0.717) is 5.41 Å². The lowest BCUT2D eigenvalue weighted by molar-refractivity contribution is 0.249. The highest BCUT2D eigenvalue weighted by atomic mass is 14.5. The number of hydrogen-bond donors (Lipinski definition) is 1. The molecule has 0 radical (unpaired) electrons. The second-order valence-corrected chi connectivity index (χ2v) is 7.35. The summed E-state index contributed by atoms with van der Waals surface area (Å²) < 4.78 is 0. The number of rotatable bonds is 12. The predicted molar refractivity (Wildman–Crippen MR) is 100 cm³/mol. The van der Waals surface area contributed by atoms with Crippen molar-refractivity contribution in [3.8, 4) is 0 Å². The normalized spacial score (nSPS) is 11.8. The van der Waals surface area contributed by atoms with Crippen molar-refractivity contribution >= 4 is 5.69 Å². The molecule has 0 saturated heterocycles. The van der Waals surface area contributed by atoms with E-state index in [0.717, 1.165) is 5.69 Å². The van der Waals surface area contributed by atoms with Crippen molar-refractivity contribution in [3.05, 3.63) is 29.8 Å². The summed E-state index contributed by atoms with van der Waals surface area (Å²) in [5.41, 5.74) is 8.71. The minimum atomic E-state index is 0.440. The van der Waals surface area contributed by atoms with Gasteiger partial charge in [-0.3, -0.25) is 0 Å². The molecule has 0 unspecified atom stereocenters. The Morgan fingerprint density at radius 3 is 1.95 bits per heavy atom. The fourth-order valence-corrected chi connectivity index (χ4v) is 3.45. The third-order valence-corrected chi connectivity index (χ3v) is 4.85. The second kappa shape index (κ2) is 10.7. The monoisotopic (exact) mass is 303 g/mol. The maximum Gasteiger partial charge on any atom is 0.0316 e. The van der Waals surface area contributed by atoms with Crippen LogP contribution in [0.15, 0.2) is 24.3 Å². The fourth-order valence-electron chi connectivity index (χ4n) is 3.45. The Balaban J connectivity index is 2.58. The lowest BCUT2D eigenvalue weighted by Gasteiger charge is -2.30. The quantitative estimate of drug-likeness (QED) is 0.335. The van der Waals surface area contributed by atoms with Crippen LogP contribution in [0.3, 0.4) is 0 Å². The molecule has 22 heavy (non-hydrogen) atoms. The highest BCUT2D eigenvalue weighted by Gasteiger charge is 2.23. The van der Waals surface area contributed by atoms with Gasteiger partial charge in [0.2, 0.25) is 0 Å². The van der Waals surface area contributed by atoms with Gasteiger partial charge in [-0.15, -0.1) is 0 Å². The molecular weight excluding hydrogens is 266 g/mol. The number of nitrogens with two attached hydrogens (primary N) is 1. The van der Waals surface area contributed by atoms with Crippen molar-refractivity contribution in [2.75, 3.05) is 5.73 Å². The van der Waals surface area contributed by atoms with Gasteiger partial charge in [0.1, 0.15) is 0 Å². The van der Waals surface area contributed by atoms with E-state index in [9.17, 15) is 0 Å². The Labute approximate surface area is 138 Å². The zero-order valence-electron chi connectivity index (χ0n) is 15.2. The molecular formula is C21H37N. The van der Waals surface area contributed by atoms with E-state index in [1.165, 1.54) is 76.2 Å². The molecule has 0 aliphatic heterocycles. The average molecular weight is 304 g/mol. The molecule has 126 valence electrons. The summed E-state index contributed by atoms with van der Waals surface area (Å²) in [6.45, 7) is 7.07. The van der Waals surface area contributed by atoms with Crippen molar-refractivity contribution in [2.24, 2.45) is 5.41 Å². The first-order valence-electron chi connectivity index (χ1n) is 9.44. The topological polar surface area (TPSA) is 26.0 Å². The van der Waals surface area contributed by atoms with Gasteiger partial charge in [-0.1, -0.05) is 84.3 Å². The number of anilines is 1. The number of nitrogen functional groups attached to an aromatic ring is 1. The van der Waals surface area contributed by atoms with Crippen LogP contribution in [-0.2, 0) is 6.42 Å². The number of benzene rings is 1. The molecule has 1 nitrogen and oxygen atoms in total. The van der Waals surface area contributed by atoms with Crippen LogP contribution in [0.25, 0.3) is 0 Å². The maximum atomic E-state index is 5.96. The molecule has 0 saturated carbocycles. The van der Waals surface area contributed by atoms with Crippen LogP contribution < -0.4 is 5.73 Å². The van der Waals surface area contributed by atoms with E-state index < -0.39 is 0 Å². The lowest BCUT2D eigenvalue weighted by atomic mass is 9.75. The summed E-state index contributed by atoms with van der Waals surface area (Å²) in [7, 11) is 0. The van der Waals surface area contributed by atoms with E-state index in [2.05, 4.69) is 39.0 Å². The summed E-state index contributed by atoms with van der Waals surface area (Å²) in [6.07, 6.45) is 14.8. The highest BCUT2D eigenvalue weighted by molar-refractivity contribution is 5.40. The summed E-state index contributed by atoms with van der Waals surface area (Å²) >= 11 is 0. The minimum absolute atomic E-state index is 0.440. The predicted octanol–water partition coefficient (Wildman–Crippen LogP) is 6.76. The van der Waals surface area contributed by atoms with Crippen LogP contribution in [-0.4, -0.2) is 0 Å². The van der Waals surface area contributed by atoms with Crippen LogP contribution in [0.4, 0.5) is 5.69 Å². The Hall–Kier alpha value is -0.980. The molecule has 0 heterocycles. The van der Waals surface area contributed by atoms with Crippen LogP contribution >= 0.6 is 0 Å². The third kappa shape index (κ3) is 7.87. The number of unbranched alkanes of at least 4 members (excludes halogenated alkanes) is 6. The molecule has 2 N–H and O–H groups in total. The number of hydrogen-bond acceptors (Lipinski definition) is 1. The smallest absolute Gasteiger partial charge is 0.0316 e. The van der Waals surface area contributed by atoms with Gasteiger partial charge in [-0.05, 0) is 42.4 Å². The van der Waals surface area contributed by atoms with E-state index in [1.807, 2.05) is 6.07 Å². The maximum absolute atomic E-state index is 5.96. The first kappa shape index (κ1) is 19.1. The Morgan fingerprint density at radius 1 is 0.864 bits per heavy atom. The largest absolute Gasteiger partial charge is 0.399 e. The molecule has 1 aromatic carbocycles. The Bertz CT molecular complexity index is 385. The zero-order chi connectivity index (χ0) is 16.3. The first-order chi connectivity index (χ1) is 10.6. The van der Waals surface area contributed by atoms with Gasteiger partial charge in [0.05, 0.1) is 0 Å². The van der Waals surface area contributed by atoms with E-state index >= 15 is 0 Å². The molecule has 0 spiro atoms. The Kier molecular flexibility index (Phi) is 9.27. The van der Waals surface area contributed by atoms with Gasteiger partial charge in [0.15, 0.2) is 0 Å². The standard InChI is InChI=1S/C21H37N/c1-4-6-8-10-15-21(3,16-11-9-7-5-2)18-19-13-12-14-20(22)17-19/h12-14,17H,4-11,15-16,18,22H2,1-3H3. The van der Waals surface area contributed by atoms with E-state index in [-0.39, 0.29) is 0 Å². The van der Waals surface area contributed by atoms with Crippen molar-refractivity contribution in [3.63, 3.8) is 0 Å². The lowest BCUT2D eigenvalue weighted by Crippen LogP contribution is -2.20. The molecule has 0 bridgehead atoms. The molecule has 0 amide bonds.